The Labute approximate surface area is 167 Å². The van der Waals surface area contributed by atoms with Crippen molar-refractivity contribution in [1.82, 2.24) is 9.38 Å². The highest BCUT2D eigenvalue weighted by Crippen LogP contribution is 2.26. The Hall–Kier alpha value is -3.32. The lowest BCUT2D eigenvalue weighted by molar-refractivity contribution is 0.554. The van der Waals surface area contributed by atoms with Crippen LogP contribution in [0.25, 0.3) is 33.4 Å². The molecule has 7 heteroatoms. The Balaban J connectivity index is 1.64. The molecule has 0 bridgehead atoms. The van der Waals surface area contributed by atoms with Gasteiger partial charge in [0.25, 0.3) is 5.56 Å². The maximum Gasteiger partial charge on any atom is 0.275 e. The quantitative estimate of drug-likeness (QED) is 0.429. The van der Waals surface area contributed by atoms with Gasteiger partial charge < -0.3 is 4.42 Å². The zero-order valence-electron chi connectivity index (χ0n) is 15.5. The molecule has 144 valence electrons. The van der Waals surface area contributed by atoms with E-state index in [2.05, 4.69) is 4.98 Å². The van der Waals surface area contributed by atoms with E-state index in [1.807, 2.05) is 26.0 Å². The van der Waals surface area contributed by atoms with Crippen molar-refractivity contribution >= 4 is 33.4 Å². The van der Waals surface area contributed by atoms with Crippen molar-refractivity contribution in [3.63, 3.8) is 0 Å². The normalized spacial score (nSPS) is 12.5. The molecule has 0 atom stereocenters. The van der Waals surface area contributed by atoms with Crippen molar-refractivity contribution in [3.05, 3.63) is 85.9 Å². The third-order valence-electron chi connectivity index (χ3n) is 4.78. The summed E-state index contributed by atoms with van der Waals surface area (Å²) in [7, 11) is 0. The smallest absolute Gasteiger partial charge is 0.275 e. The first kappa shape index (κ1) is 17.8. The summed E-state index contributed by atoms with van der Waals surface area (Å²) < 4.78 is 34.8. The Bertz CT molecular complexity index is 1530. The monoisotopic (exact) mass is 408 g/mol. The third kappa shape index (κ3) is 2.86. The van der Waals surface area contributed by atoms with Crippen molar-refractivity contribution in [2.75, 3.05) is 0 Å². The second-order valence-electron chi connectivity index (χ2n) is 6.92. The lowest BCUT2D eigenvalue weighted by atomic mass is 10.1. The number of fused-ring (bicyclic) bond motifs is 3. The van der Waals surface area contributed by atoms with Crippen LogP contribution in [0.4, 0.5) is 8.78 Å². The van der Waals surface area contributed by atoms with E-state index < -0.39 is 11.6 Å². The van der Waals surface area contributed by atoms with Gasteiger partial charge in [-0.1, -0.05) is 17.4 Å². The van der Waals surface area contributed by atoms with Gasteiger partial charge in [0, 0.05) is 12.1 Å². The molecule has 0 fully saturated rings. The fourth-order valence-corrected chi connectivity index (χ4v) is 4.46. The Kier molecular flexibility index (Phi) is 3.89. The van der Waals surface area contributed by atoms with Crippen LogP contribution in [-0.2, 0) is 0 Å². The lowest BCUT2D eigenvalue weighted by Gasteiger charge is -1.98. The molecule has 2 aromatic carbocycles. The average Bonchev–Trinajstić information content (AvgIpc) is 3.32. The van der Waals surface area contributed by atoms with E-state index in [1.54, 1.807) is 22.6 Å². The van der Waals surface area contributed by atoms with E-state index in [-0.39, 0.29) is 16.9 Å². The van der Waals surface area contributed by atoms with Gasteiger partial charge in [-0.25, -0.2) is 18.2 Å². The molecular weight excluding hydrogens is 394 g/mol. The third-order valence-corrected chi connectivity index (χ3v) is 5.75. The molecule has 0 unspecified atom stereocenters. The number of rotatable bonds is 2. The van der Waals surface area contributed by atoms with E-state index in [1.165, 1.54) is 23.5 Å². The molecule has 0 spiro atoms. The Morgan fingerprint density at radius 2 is 1.93 bits per heavy atom. The van der Waals surface area contributed by atoms with Crippen molar-refractivity contribution in [2.45, 2.75) is 13.8 Å². The predicted octanol–water partition coefficient (Wildman–Crippen LogP) is 4.61. The van der Waals surface area contributed by atoms with Gasteiger partial charge in [0.2, 0.25) is 0 Å². The SMILES string of the molecule is Cc1cc(C)c2nc3sc(=Cc4ccc(-c5ccc(F)cc5F)o4)c(=O)n3c2c1. The highest BCUT2D eigenvalue weighted by molar-refractivity contribution is 7.15. The fraction of sp³-hybridized carbons (Fsp3) is 0.0909. The fourth-order valence-electron chi connectivity index (χ4n) is 3.50. The standard InChI is InChI=1S/C22H14F2N2O2S/c1-11-7-12(2)20-17(8-11)26-21(27)19(29-22(26)25-20)10-14-4-6-18(28-14)15-5-3-13(23)9-16(15)24/h3-10H,1-2H3. The number of thiazole rings is 1. The van der Waals surface area contributed by atoms with Crippen molar-refractivity contribution in [2.24, 2.45) is 0 Å². The number of nitrogens with zero attached hydrogens (tertiary/aromatic N) is 2. The molecule has 29 heavy (non-hydrogen) atoms. The first-order valence-corrected chi connectivity index (χ1v) is 9.71. The van der Waals surface area contributed by atoms with Gasteiger partial charge in [0.15, 0.2) is 4.96 Å². The summed E-state index contributed by atoms with van der Waals surface area (Å²) in [5.41, 5.74) is 3.67. The van der Waals surface area contributed by atoms with E-state index in [9.17, 15) is 13.6 Å². The van der Waals surface area contributed by atoms with E-state index in [4.69, 9.17) is 4.42 Å². The molecule has 0 saturated carbocycles. The summed E-state index contributed by atoms with van der Waals surface area (Å²) >= 11 is 1.27. The number of aryl methyl sites for hydroxylation is 2. The largest absolute Gasteiger partial charge is 0.457 e. The van der Waals surface area contributed by atoms with Crippen molar-refractivity contribution in [1.29, 1.82) is 0 Å². The second kappa shape index (κ2) is 6.35. The minimum absolute atomic E-state index is 0.159. The van der Waals surface area contributed by atoms with Gasteiger partial charge in [-0.2, -0.15) is 0 Å². The van der Waals surface area contributed by atoms with Crippen LogP contribution in [0.15, 0.2) is 51.7 Å². The van der Waals surface area contributed by atoms with Crippen LogP contribution in [0.2, 0.25) is 0 Å². The van der Waals surface area contributed by atoms with Crippen LogP contribution in [0.3, 0.4) is 0 Å². The minimum atomic E-state index is -0.706. The summed E-state index contributed by atoms with van der Waals surface area (Å²) in [5, 5.41) is 0. The summed E-state index contributed by atoms with van der Waals surface area (Å²) in [6.07, 6.45) is 1.61. The maximum absolute atomic E-state index is 14.0. The van der Waals surface area contributed by atoms with Gasteiger partial charge in [0.1, 0.15) is 27.7 Å². The highest BCUT2D eigenvalue weighted by atomic mass is 32.1. The summed E-state index contributed by atoms with van der Waals surface area (Å²) in [6, 6.07) is 10.5. The Morgan fingerprint density at radius 1 is 1.10 bits per heavy atom. The van der Waals surface area contributed by atoms with Crippen LogP contribution in [0, 0.1) is 25.5 Å². The zero-order valence-corrected chi connectivity index (χ0v) is 16.3. The number of imidazole rings is 1. The number of hydrogen-bond acceptors (Lipinski definition) is 4. The van der Waals surface area contributed by atoms with Crippen LogP contribution in [0.5, 0.6) is 0 Å². The molecule has 0 radical (unpaired) electrons. The van der Waals surface area contributed by atoms with Crippen LogP contribution in [0.1, 0.15) is 16.9 Å². The van der Waals surface area contributed by atoms with Gasteiger partial charge in [-0.05, 0) is 55.3 Å². The molecular formula is C22H14F2N2O2S. The number of halogens is 2. The van der Waals surface area contributed by atoms with Crippen LogP contribution < -0.4 is 10.1 Å². The molecule has 0 N–H and O–H groups in total. The van der Waals surface area contributed by atoms with Gasteiger partial charge in [-0.15, -0.1) is 0 Å². The van der Waals surface area contributed by atoms with Crippen molar-refractivity contribution < 1.29 is 13.2 Å². The maximum atomic E-state index is 14.0. The molecule has 3 aromatic heterocycles. The van der Waals surface area contributed by atoms with Gasteiger partial charge in [0.05, 0.1) is 16.6 Å². The molecule has 0 aliphatic heterocycles. The number of benzene rings is 2. The first-order valence-electron chi connectivity index (χ1n) is 8.90. The molecule has 0 aliphatic rings. The Morgan fingerprint density at radius 3 is 2.72 bits per heavy atom. The van der Waals surface area contributed by atoms with Crippen molar-refractivity contribution in [3.8, 4) is 11.3 Å². The van der Waals surface area contributed by atoms with Crippen LogP contribution >= 0.6 is 11.3 Å². The predicted molar refractivity (Wildman–Crippen MR) is 109 cm³/mol. The number of hydrogen-bond donors (Lipinski definition) is 0. The highest BCUT2D eigenvalue weighted by Gasteiger charge is 2.14. The van der Waals surface area contributed by atoms with Gasteiger partial charge in [-0.3, -0.25) is 4.79 Å². The summed E-state index contributed by atoms with van der Waals surface area (Å²) in [4.78, 5) is 18.2. The molecule has 0 saturated heterocycles. The second-order valence-corrected chi connectivity index (χ2v) is 7.93. The van der Waals surface area contributed by atoms with Crippen LogP contribution in [-0.4, -0.2) is 9.38 Å². The summed E-state index contributed by atoms with van der Waals surface area (Å²) in [6.45, 7) is 3.96. The molecule has 0 amide bonds. The number of aromatic nitrogens is 2. The molecule has 3 heterocycles. The summed E-state index contributed by atoms with van der Waals surface area (Å²) in [5.74, 6) is -0.691. The van der Waals surface area contributed by atoms with E-state index in [0.717, 1.165) is 28.2 Å². The first-order chi connectivity index (χ1) is 13.9. The molecule has 4 nitrogen and oxygen atoms in total. The van der Waals surface area contributed by atoms with E-state index >= 15 is 0 Å². The zero-order chi connectivity index (χ0) is 20.3. The van der Waals surface area contributed by atoms with Gasteiger partial charge >= 0.3 is 0 Å². The topological polar surface area (TPSA) is 47.5 Å². The molecule has 5 rings (SSSR count). The lowest BCUT2D eigenvalue weighted by Crippen LogP contribution is -2.22. The molecule has 5 aromatic rings. The van der Waals surface area contributed by atoms with E-state index in [0.29, 0.717) is 15.3 Å². The number of furan rings is 1. The average molecular weight is 408 g/mol. The minimum Gasteiger partial charge on any atom is -0.457 e. The molecule has 0 aliphatic carbocycles.